The van der Waals surface area contributed by atoms with Crippen molar-refractivity contribution in [3.8, 4) is 0 Å². The quantitative estimate of drug-likeness (QED) is 0.0254. The van der Waals surface area contributed by atoms with Gasteiger partial charge in [0.15, 0.2) is 0 Å². The molecule has 10 atom stereocenters. The number of hydrogen-bond donors (Lipinski definition) is 18. The highest BCUT2D eigenvalue weighted by Gasteiger charge is 2.36. The number of aliphatic hydroxyl groups is 2. The van der Waals surface area contributed by atoms with Crippen LogP contribution in [0.2, 0.25) is 0 Å². The number of aliphatic carboxylic acids is 2. The third-order valence-electron chi connectivity index (χ3n) is 10.9. The van der Waals surface area contributed by atoms with Gasteiger partial charge in [0.05, 0.1) is 38.5 Å². The second kappa shape index (κ2) is 36.0. The summed E-state index contributed by atoms with van der Waals surface area (Å²) in [6.07, 6.45) is -3.29. The molecular formula is C45H80N14O17. The minimum Gasteiger partial charge on any atom is -0.481 e. The number of hydrogen-bond acceptors (Lipinski definition) is 18. The standard InChI is InChI=1S/C45H80N14O17/c1-21(2)14-27(54-37(67)24(48)20-60)41(71)57-30(17-33(50)63)43(73)59-36(23(5)61)44(74)51-19-34(64)52-25(10-6-8-12-46)38(68)55-28(15-22(3)4)40(70)53-26(11-7-9-13-47)39(69)56-29(16-32(49)62)42(72)58-31(45(75)76)18-35(65)66/h21-31,36,60-61H,6-20,46-48H2,1-5H3,(H2,49,62)(H2,50,63)(H,51,74)(H,52,64)(H,53,70)(H,54,67)(H,55,68)(H,56,69)(H,57,71)(H,58,72)(H,59,73)(H,65,66)(H,75,76)/t23-,24+,25+,26+,27+,28+,29+,30+,31+,36+/m1/s1. The largest absolute Gasteiger partial charge is 0.481 e. The number of aliphatic hydroxyl groups excluding tert-OH is 2. The zero-order valence-corrected chi connectivity index (χ0v) is 43.5. The Hall–Kier alpha value is -7.09. The minimum absolute atomic E-state index is 0.0234. The smallest absolute Gasteiger partial charge is 0.326 e. The molecule has 0 aromatic heterocycles. The molecule has 0 spiro atoms. The van der Waals surface area contributed by atoms with Crippen LogP contribution in [-0.4, -0.2) is 184 Å². The molecule has 0 saturated heterocycles. The van der Waals surface area contributed by atoms with Crippen molar-refractivity contribution in [3.05, 3.63) is 0 Å². The number of carbonyl (C=O) groups excluding carboxylic acids is 11. The number of rotatable bonds is 39. The Morgan fingerprint density at radius 3 is 1.21 bits per heavy atom. The topological polar surface area (TPSA) is 541 Å². The fraction of sp³-hybridized carbons (Fsp3) is 0.711. The van der Waals surface area contributed by atoms with E-state index in [1.165, 1.54) is 0 Å². The number of carboxylic acid groups (broad SMARTS) is 2. The highest BCUT2D eigenvalue weighted by molar-refractivity contribution is 5.99. The second-order valence-electron chi connectivity index (χ2n) is 18.8. The molecule has 0 rings (SSSR count). The van der Waals surface area contributed by atoms with E-state index in [9.17, 15) is 77.6 Å². The fourth-order valence-electron chi connectivity index (χ4n) is 7.03. The van der Waals surface area contributed by atoms with Crippen LogP contribution in [-0.2, 0) is 62.3 Å². The van der Waals surface area contributed by atoms with Crippen molar-refractivity contribution in [2.24, 2.45) is 40.5 Å². The van der Waals surface area contributed by atoms with Gasteiger partial charge in [-0.1, -0.05) is 27.7 Å². The summed E-state index contributed by atoms with van der Waals surface area (Å²) in [4.78, 5) is 167. The van der Waals surface area contributed by atoms with Crippen LogP contribution < -0.4 is 76.5 Å². The molecule has 432 valence electrons. The van der Waals surface area contributed by atoms with Crippen LogP contribution in [0, 0.1) is 11.8 Å². The molecule has 0 aliphatic carbocycles. The molecule has 0 aromatic rings. The number of amides is 11. The maximum Gasteiger partial charge on any atom is 0.326 e. The molecule has 0 bridgehead atoms. The van der Waals surface area contributed by atoms with Crippen molar-refractivity contribution >= 4 is 76.9 Å². The molecule has 23 N–H and O–H groups in total. The molecule has 0 unspecified atom stereocenters. The molecule has 0 fully saturated rings. The van der Waals surface area contributed by atoms with Gasteiger partial charge >= 0.3 is 11.9 Å². The van der Waals surface area contributed by atoms with E-state index in [0.717, 1.165) is 6.92 Å². The van der Waals surface area contributed by atoms with E-state index in [2.05, 4.69) is 42.5 Å². The molecule has 0 aliphatic heterocycles. The van der Waals surface area contributed by atoms with Gasteiger partial charge in [0.2, 0.25) is 65.0 Å². The summed E-state index contributed by atoms with van der Waals surface area (Å²) in [6, 6.07) is -14.3. The van der Waals surface area contributed by atoms with Crippen LogP contribution in [0.25, 0.3) is 0 Å². The summed E-state index contributed by atoms with van der Waals surface area (Å²) in [5.74, 6) is -15.2. The predicted octanol–water partition coefficient (Wildman–Crippen LogP) is -7.66. The number of nitrogens with two attached hydrogens (primary N) is 5. The molecule has 31 nitrogen and oxygen atoms in total. The molecule has 11 amide bonds. The Morgan fingerprint density at radius 2 is 0.829 bits per heavy atom. The Labute approximate surface area is 439 Å². The SMILES string of the molecule is CC(C)C[C@H](NC(=O)[C@H](CCCCN)NC(=O)CNC(=O)[C@@H](NC(=O)[C@H](CC(N)=O)NC(=O)[C@H](CC(C)C)NC(=O)[C@@H](N)CO)[C@@H](C)O)C(=O)N[C@@H](CCCCN)C(=O)N[C@@H](CC(N)=O)C(=O)N[C@@H](CC(=O)O)C(=O)O. The van der Waals surface area contributed by atoms with E-state index in [-0.39, 0.29) is 63.5 Å². The highest BCUT2D eigenvalue weighted by atomic mass is 16.4. The maximum atomic E-state index is 14.0. The lowest BCUT2D eigenvalue weighted by molar-refractivity contribution is -0.147. The van der Waals surface area contributed by atoms with Gasteiger partial charge in [-0.25, -0.2) is 4.79 Å². The lowest BCUT2D eigenvalue weighted by Crippen LogP contribution is -2.61. The summed E-state index contributed by atoms with van der Waals surface area (Å²) in [5, 5.41) is 59.0. The van der Waals surface area contributed by atoms with Gasteiger partial charge in [-0.15, -0.1) is 0 Å². The Kier molecular flexibility index (Phi) is 32.6. The van der Waals surface area contributed by atoms with E-state index < -0.39 is 170 Å². The van der Waals surface area contributed by atoms with Crippen LogP contribution in [0.4, 0.5) is 0 Å². The van der Waals surface area contributed by atoms with Crippen LogP contribution >= 0.6 is 0 Å². The molecule has 0 aromatic carbocycles. The molecule has 0 radical (unpaired) electrons. The summed E-state index contributed by atoms with van der Waals surface area (Å²) < 4.78 is 0. The van der Waals surface area contributed by atoms with Crippen molar-refractivity contribution in [1.29, 1.82) is 0 Å². The first-order valence-corrected chi connectivity index (χ1v) is 24.6. The Bertz CT molecular complexity index is 2010. The number of carbonyl (C=O) groups is 13. The zero-order chi connectivity index (χ0) is 58.4. The number of carboxylic acids is 2. The minimum atomic E-state index is -1.96. The summed E-state index contributed by atoms with van der Waals surface area (Å²) in [6.45, 7) is 6.73. The maximum absolute atomic E-state index is 14.0. The van der Waals surface area contributed by atoms with E-state index >= 15 is 0 Å². The molecule has 0 heterocycles. The van der Waals surface area contributed by atoms with Gasteiger partial charge in [-0.2, -0.15) is 0 Å². The van der Waals surface area contributed by atoms with Gasteiger partial charge in [0.25, 0.3) is 0 Å². The normalized spacial score (nSPS) is 15.1. The first-order valence-electron chi connectivity index (χ1n) is 24.6. The highest BCUT2D eigenvalue weighted by Crippen LogP contribution is 2.11. The Balaban J connectivity index is 6.42. The van der Waals surface area contributed by atoms with Crippen molar-refractivity contribution in [1.82, 2.24) is 47.9 Å². The van der Waals surface area contributed by atoms with Gasteiger partial charge in [-0.05, 0) is 83.2 Å². The second-order valence-corrected chi connectivity index (χ2v) is 18.8. The average molecular weight is 1090 g/mol. The van der Waals surface area contributed by atoms with E-state index in [1.54, 1.807) is 27.7 Å². The van der Waals surface area contributed by atoms with Gasteiger partial charge in [0.1, 0.15) is 54.4 Å². The monoisotopic (exact) mass is 1090 g/mol. The van der Waals surface area contributed by atoms with Gasteiger partial charge in [0, 0.05) is 0 Å². The third kappa shape index (κ3) is 28.0. The Morgan fingerprint density at radius 1 is 0.461 bits per heavy atom. The lowest BCUT2D eigenvalue weighted by Gasteiger charge is -2.27. The molecular weight excluding hydrogens is 1010 g/mol. The summed E-state index contributed by atoms with van der Waals surface area (Å²) in [7, 11) is 0. The lowest BCUT2D eigenvalue weighted by atomic mass is 10.0. The van der Waals surface area contributed by atoms with Gasteiger partial charge in [-0.3, -0.25) is 57.5 Å². The first kappa shape index (κ1) is 68.9. The third-order valence-corrected chi connectivity index (χ3v) is 10.9. The number of nitrogens with one attached hydrogen (secondary N) is 9. The number of unbranched alkanes of at least 4 members (excludes halogenated alkanes) is 2. The van der Waals surface area contributed by atoms with Crippen LogP contribution in [0.15, 0.2) is 0 Å². The van der Waals surface area contributed by atoms with Crippen molar-refractivity contribution in [3.63, 3.8) is 0 Å². The van der Waals surface area contributed by atoms with Crippen LogP contribution in [0.1, 0.15) is 105 Å². The van der Waals surface area contributed by atoms with Crippen LogP contribution in [0.3, 0.4) is 0 Å². The molecule has 0 saturated carbocycles. The van der Waals surface area contributed by atoms with E-state index in [1.807, 2.05) is 5.32 Å². The van der Waals surface area contributed by atoms with E-state index in [0.29, 0.717) is 12.8 Å². The average Bonchev–Trinajstić information content (AvgIpc) is 3.31. The zero-order valence-electron chi connectivity index (χ0n) is 43.5. The summed E-state index contributed by atoms with van der Waals surface area (Å²) >= 11 is 0. The summed E-state index contributed by atoms with van der Waals surface area (Å²) in [5.41, 5.74) is 27.5. The van der Waals surface area contributed by atoms with Crippen molar-refractivity contribution < 1.29 is 82.8 Å². The predicted molar refractivity (Wildman–Crippen MR) is 267 cm³/mol. The van der Waals surface area contributed by atoms with Crippen LogP contribution in [0.5, 0.6) is 0 Å². The molecule has 31 heteroatoms. The first-order chi connectivity index (χ1) is 35.5. The fourth-order valence-corrected chi connectivity index (χ4v) is 7.03. The van der Waals surface area contributed by atoms with Crippen molar-refractivity contribution in [2.45, 2.75) is 166 Å². The van der Waals surface area contributed by atoms with E-state index in [4.69, 9.17) is 33.8 Å². The van der Waals surface area contributed by atoms with Crippen molar-refractivity contribution in [2.75, 3.05) is 26.2 Å². The molecule has 76 heavy (non-hydrogen) atoms. The number of primary amides is 2. The molecule has 0 aliphatic rings. The van der Waals surface area contributed by atoms with Gasteiger partial charge < -0.3 is 96.9 Å².